The summed E-state index contributed by atoms with van der Waals surface area (Å²) in [6.45, 7) is 1.49. The van der Waals surface area contributed by atoms with Gasteiger partial charge in [-0.3, -0.25) is 4.79 Å². The van der Waals surface area contributed by atoms with Gasteiger partial charge in [0.05, 0.1) is 6.21 Å². The van der Waals surface area contributed by atoms with Crippen molar-refractivity contribution >= 4 is 17.8 Å². The van der Waals surface area contributed by atoms with Gasteiger partial charge in [-0.2, -0.15) is 10.2 Å². The molecule has 0 aliphatic rings. The molecule has 1 heterocycles. The van der Waals surface area contributed by atoms with Gasteiger partial charge >= 0.3 is 5.69 Å². The number of nitrogens with zero attached hydrogens (tertiary/aromatic N) is 3. The fraction of sp³-hybridized carbons (Fsp3) is 0.0909. The Labute approximate surface area is 107 Å². The van der Waals surface area contributed by atoms with E-state index >= 15 is 0 Å². The zero-order valence-electron chi connectivity index (χ0n) is 9.42. The van der Waals surface area contributed by atoms with Crippen LogP contribution in [0.4, 0.5) is 0 Å². The number of halogens is 1. The Morgan fingerprint density at radius 3 is 2.67 bits per heavy atom. The summed E-state index contributed by atoms with van der Waals surface area (Å²) in [6, 6.07) is 6.82. The summed E-state index contributed by atoms with van der Waals surface area (Å²) in [5.41, 5.74) is -0.345. The lowest BCUT2D eigenvalue weighted by atomic mass is 10.2. The van der Waals surface area contributed by atoms with E-state index in [2.05, 4.69) is 15.3 Å². The van der Waals surface area contributed by atoms with E-state index in [-0.39, 0.29) is 5.69 Å². The number of aromatic amines is 1. The molecule has 0 spiro atoms. The van der Waals surface area contributed by atoms with Crippen LogP contribution in [0.5, 0.6) is 0 Å². The summed E-state index contributed by atoms with van der Waals surface area (Å²) >= 11 is 5.74. The molecule has 0 aliphatic carbocycles. The van der Waals surface area contributed by atoms with Gasteiger partial charge in [-0.1, -0.05) is 23.7 Å². The Morgan fingerprint density at radius 1 is 1.33 bits per heavy atom. The molecule has 1 aromatic heterocycles. The normalized spacial score (nSPS) is 11.0. The summed E-state index contributed by atoms with van der Waals surface area (Å²) in [4.78, 5) is 23.0. The van der Waals surface area contributed by atoms with Crippen LogP contribution in [0.2, 0.25) is 5.02 Å². The smallest absolute Gasteiger partial charge is 0.265 e. The number of hydrogen-bond acceptors (Lipinski definition) is 4. The maximum Gasteiger partial charge on any atom is 0.365 e. The molecule has 0 aliphatic heterocycles. The Kier molecular flexibility index (Phi) is 3.38. The van der Waals surface area contributed by atoms with Crippen molar-refractivity contribution in [1.29, 1.82) is 0 Å². The molecule has 0 amide bonds. The van der Waals surface area contributed by atoms with Gasteiger partial charge in [0, 0.05) is 5.02 Å². The van der Waals surface area contributed by atoms with E-state index in [1.807, 2.05) is 0 Å². The van der Waals surface area contributed by atoms with Crippen LogP contribution in [0, 0.1) is 6.92 Å². The Hall–Kier alpha value is -2.21. The molecule has 2 aromatic rings. The Balaban J connectivity index is 2.41. The van der Waals surface area contributed by atoms with E-state index < -0.39 is 11.2 Å². The molecule has 0 radical (unpaired) electrons. The molecule has 7 heteroatoms. The summed E-state index contributed by atoms with van der Waals surface area (Å²) in [6.07, 6.45) is 1.40. The predicted molar refractivity (Wildman–Crippen MR) is 68.3 cm³/mol. The summed E-state index contributed by atoms with van der Waals surface area (Å²) in [7, 11) is 0. The predicted octanol–water partition coefficient (Wildman–Crippen LogP) is 0.776. The van der Waals surface area contributed by atoms with Crippen LogP contribution in [0.25, 0.3) is 0 Å². The van der Waals surface area contributed by atoms with Crippen LogP contribution in [0.1, 0.15) is 11.3 Å². The van der Waals surface area contributed by atoms with Crippen molar-refractivity contribution in [2.45, 2.75) is 6.92 Å². The number of rotatable bonds is 2. The van der Waals surface area contributed by atoms with Gasteiger partial charge in [-0.15, -0.1) is 4.68 Å². The minimum atomic E-state index is -0.684. The second-order valence-electron chi connectivity index (χ2n) is 3.53. The third-order valence-corrected chi connectivity index (χ3v) is 2.46. The molecule has 0 unspecified atom stereocenters. The summed E-state index contributed by atoms with van der Waals surface area (Å²) in [5.74, 6) is 0. The van der Waals surface area contributed by atoms with E-state index in [1.54, 1.807) is 24.3 Å². The van der Waals surface area contributed by atoms with E-state index in [0.717, 1.165) is 10.2 Å². The first-order chi connectivity index (χ1) is 8.58. The van der Waals surface area contributed by atoms with Crippen LogP contribution >= 0.6 is 11.6 Å². The average molecular weight is 265 g/mol. The van der Waals surface area contributed by atoms with Crippen LogP contribution < -0.4 is 11.2 Å². The van der Waals surface area contributed by atoms with Crippen LogP contribution in [-0.2, 0) is 0 Å². The lowest BCUT2D eigenvalue weighted by molar-refractivity contribution is 0.694. The number of aromatic nitrogens is 3. The molecule has 1 aromatic carbocycles. The Morgan fingerprint density at radius 2 is 2.00 bits per heavy atom. The van der Waals surface area contributed by atoms with Gasteiger partial charge in [0.1, 0.15) is 5.69 Å². The zero-order valence-corrected chi connectivity index (χ0v) is 10.2. The molecular weight excluding hydrogens is 256 g/mol. The minimum absolute atomic E-state index is 0.169. The van der Waals surface area contributed by atoms with E-state index in [1.165, 1.54) is 13.1 Å². The molecule has 1 N–H and O–H groups in total. The average Bonchev–Trinajstić information content (AvgIpc) is 2.36. The lowest BCUT2D eigenvalue weighted by Crippen LogP contribution is -2.35. The third kappa shape index (κ3) is 2.54. The topological polar surface area (TPSA) is 80.1 Å². The van der Waals surface area contributed by atoms with E-state index in [4.69, 9.17) is 11.6 Å². The highest BCUT2D eigenvalue weighted by Gasteiger charge is 2.02. The van der Waals surface area contributed by atoms with Gasteiger partial charge in [0.15, 0.2) is 0 Å². The molecular formula is C11H9ClN4O2. The quantitative estimate of drug-likeness (QED) is 0.814. The fourth-order valence-electron chi connectivity index (χ4n) is 1.25. The van der Waals surface area contributed by atoms with Crippen LogP contribution in [0.15, 0.2) is 39.0 Å². The summed E-state index contributed by atoms with van der Waals surface area (Å²) in [5, 5.41) is 10.1. The number of benzene rings is 1. The molecule has 0 bridgehead atoms. The first-order valence-electron chi connectivity index (χ1n) is 5.06. The SMILES string of the molecule is Cc1n[nH]c(=O)n(/N=C\c2ccc(Cl)cc2)c1=O. The first kappa shape index (κ1) is 12.3. The monoisotopic (exact) mass is 264 g/mol. The van der Waals surface area contributed by atoms with Gasteiger partial charge in [0.25, 0.3) is 5.56 Å². The number of H-pyrrole nitrogens is 1. The van der Waals surface area contributed by atoms with Crippen LogP contribution in [0.3, 0.4) is 0 Å². The van der Waals surface area contributed by atoms with Crippen LogP contribution in [-0.4, -0.2) is 21.1 Å². The van der Waals surface area contributed by atoms with Crippen molar-refractivity contribution in [1.82, 2.24) is 14.9 Å². The number of hydrogen-bond donors (Lipinski definition) is 1. The standard InChI is InChI=1S/C11H9ClN4O2/c1-7-10(17)16(11(18)15-14-7)13-6-8-2-4-9(12)5-3-8/h2-6H,1H3,(H,15,18)/b13-6-. The highest BCUT2D eigenvalue weighted by Crippen LogP contribution is 2.07. The molecule has 6 nitrogen and oxygen atoms in total. The van der Waals surface area contributed by atoms with Crippen molar-refractivity contribution in [2.75, 3.05) is 0 Å². The highest BCUT2D eigenvalue weighted by molar-refractivity contribution is 6.30. The van der Waals surface area contributed by atoms with Gasteiger partial charge in [0.2, 0.25) is 0 Å². The van der Waals surface area contributed by atoms with E-state index in [9.17, 15) is 9.59 Å². The summed E-state index contributed by atoms with van der Waals surface area (Å²) < 4.78 is 0.719. The third-order valence-electron chi connectivity index (χ3n) is 2.21. The Bertz CT molecular complexity index is 700. The van der Waals surface area contributed by atoms with Crippen molar-refractivity contribution in [3.05, 3.63) is 61.4 Å². The fourth-order valence-corrected chi connectivity index (χ4v) is 1.38. The number of aryl methyl sites for hydroxylation is 1. The molecule has 18 heavy (non-hydrogen) atoms. The van der Waals surface area contributed by atoms with Gasteiger partial charge < -0.3 is 0 Å². The minimum Gasteiger partial charge on any atom is -0.265 e. The maximum atomic E-state index is 11.6. The molecule has 0 saturated heterocycles. The van der Waals surface area contributed by atoms with Crippen molar-refractivity contribution in [3.8, 4) is 0 Å². The number of nitrogens with one attached hydrogen (secondary N) is 1. The largest absolute Gasteiger partial charge is 0.365 e. The van der Waals surface area contributed by atoms with Gasteiger partial charge in [-0.25, -0.2) is 9.89 Å². The maximum absolute atomic E-state index is 11.6. The molecule has 0 atom stereocenters. The molecule has 0 saturated carbocycles. The van der Waals surface area contributed by atoms with Crippen molar-refractivity contribution in [2.24, 2.45) is 5.10 Å². The molecule has 0 fully saturated rings. The molecule has 2 rings (SSSR count). The second kappa shape index (κ2) is 4.97. The highest BCUT2D eigenvalue weighted by atomic mass is 35.5. The molecule has 92 valence electrons. The lowest BCUT2D eigenvalue weighted by Gasteiger charge is -1.97. The van der Waals surface area contributed by atoms with Crippen molar-refractivity contribution < 1.29 is 0 Å². The second-order valence-corrected chi connectivity index (χ2v) is 3.96. The van der Waals surface area contributed by atoms with Crippen molar-refractivity contribution in [3.63, 3.8) is 0 Å². The first-order valence-corrected chi connectivity index (χ1v) is 5.44. The van der Waals surface area contributed by atoms with E-state index in [0.29, 0.717) is 5.02 Å². The van der Waals surface area contributed by atoms with Gasteiger partial charge in [-0.05, 0) is 24.6 Å². The zero-order chi connectivity index (χ0) is 13.1.